The molecule has 0 saturated heterocycles. The van der Waals surface area contributed by atoms with Crippen molar-refractivity contribution >= 4 is 11.8 Å². The molecule has 0 aromatic heterocycles. The molecule has 212 valence electrons. The maximum Gasteiger partial charge on any atom is 0.200 e. The minimum atomic E-state index is -0.597. The van der Waals surface area contributed by atoms with Crippen LogP contribution in [0.1, 0.15) is 91.5 Å². The summed E-state index contributed by atoms with van der Waals surface area (Å²) < 4.78 is 13.0. The Balaban J connectivity index is 1.83. The van der Waals surface area contributed by atoms with E-state index in [1.54, 1.807) is 0 Å². The Morgan fingerprint density at radius 3 is 1.21 bits per heavy atom. The molecule has 2 aliphatic heterocycles. The monoisotopic (exact) mass is 530 g/mol. The molecule has 0 aliphatic carbocycles. The van der Waals surface area contributed by atoms with Crippen molar-refractivity contribution < 1.29 is 9.47 Å². The zero-order valence-electron chi connectivity index (χ0n) is 26.0. The number of hydrogen-bond acceptors (Lipinski definition) is 4. The first kappa shape index (κ1) is 29.4. The molecular formula is C35H50N2O2. The van der Waals surface area contributed by atoms with Gasteiger partial charge in [-0.05, 0) is 57.8 Å². The number of benzene rings is 2. The van der Waals surface area contributed by atoms with E-state index in [2.05, 4.69) is 118 Å². The highest BCUT2D eigenvalue weighted by molar-refractivity contribution is 6.07. The van der Waals surface area contributed by atoms with Crippen LogP contribution < -0.4 is 0 Å². The van der Waals surface area contributed by atoms with Gasteiger partial charge in [0.1, 0.15) is 18.6 Å². The van der Waals surface area contributed by atoms with E-state index in [4.69, 9.17) is 19.5 Å². The van der Waals surface area contributed by atoms with E-state index >= 15 is 0 Å². The van der Waals surface area contributed by atoms with Crippen LogP contribution in [0, 0.1) is 17.3 Å². The summed E-state index contributed by atoms with van der Waals surface area (Å²) in [6.45, 7) is 23.6. The van der Waals surface area contributed by atoms with E-state index < -0.39 is 5.41 Å². The molecule has 2 atom stereocenters. The van der Waals surface area contributed by atoms with Gasteiger partial charge >= 0.3 is 0 Å². The van der Waals surface area contributed by atoms with Crippen LogP contribution in [0.15, 0.2) is 58.5 Å². The van der Waals surface area contributed by atoms with Gasteiger partial charge in [0.05, 0.1) is 12.1 Å². The molecule has 0 spiro atoms. The number of ether oxygens (including phenoxy) is 2. The Labute approximate surface area is 237 Å². The summed E-state index contributed by atoms with van der Waals surface area (Å²) in [5.74, 6) is 2.38. The first-order chi connectivity index (χ1) is 18.2. The maximum atomic E-state index is 6.49. The van der Waals surface area contributed by atoms with Crippen LogP contribution in [0.4, 0.5) is 0 Å². The van der Waals surface area contributed by atoms with Crippen molar-refractivity contribution in [1.82, 2.24) is 0 Å². The van der Waals surface area contributed by atoms with Crippen molar-refractivity contribution in [1.29, 1.82) is 0 Å². The predicted molar refractivity (Wildman–Crippen MR) is 164 cm³/mol. The highest BCUT2D eigenvalue weighted by Gasteiger charge is 2.49. The van der Waals surface area contributed by atoms with E-state index in [0.29, 0.717) is 25.0 Å². The van der Waals surface area contributed by atoms with Gasteiger partial charge in [-0.25, -0.2) is 9.98 Å². The van der Waals surface area contributed by atoms with Gasteiger partial charge in [-0.3, -0.25) is 0 Å². The lowest BCUT2D eigenvalue weighted by atomic mass is 9.74. The van der Waals surface area contributed by atoms with Crippen LogP contribution in [0.5, 0.6) is 0 Å². The molecule has 4 heteroatoms. The van der Waals surface area contributed by atoms with Crippen LogP contribution in [0.25, 0.3) is 0 Å². The molecule has 0 radical (unpaired) electrons. The zero-order valence-corrected chi connectivity index (χ0v) is 26.0. The molecule has 0 unspecified atom stereocenters. The third kappa shape index (κ3) is 6.58. The second kappa shape index (κ2) is 11.1. The largest absolute Gasteiger partial charge is 0.478 e. The molecule has 2 heterocycles. The van der Waals surface area contributed by atoms with Crippen LogP contribution in [0.2, 0.25) is 0 Å². The smallest absolute Gasteiger partial charge is 0.200 e. The first-order valence-electron chi connectivity index (χ1n) is 14.8. The lowest BCUT2D eigenvalue weighted by Gasteiger charge is -2.33. The van der Waals surface area contributed by atoms with Crippen LogP contribution in [0.3, 0.4) is 0 Å². The number of nitrogens with zero attached hydrogens (tertiary/aromatic N) is 2. The molecule has 0 N–H and O–H groups in total. The van der Waals surface area contributed by atoms with Crippen molar-refractivity contribution in [3.63, 3.8) is 0 Å². The van der Waals surface area contributed by atoms with Crippen LogP contribution in [-0.4, -0.2) is 37.1 Å². The van der Waals surface area contributed by atoms with Gasteiger partial charge < -0.3 is 9.47 Å². The maximum absolute atomic E-state index is 6.49. The predicted octanol–water partition coefficient (Wildman–Crippen LogP) is 7.96. The molecule has 39 heavy (non-hydrogen) atoms. The highest BCUT2D eigenvalue weighted by atomic mass is 16.5. The summed E-state index contributed by atoms with van der Waals surface area (Å²) in [5, 5.41) is 0. The Morgan fingerprint density at radius 1 is 0.615 bits per heavy atom. The Bertz CT molecular complexity index is 1080. The topological polar surface area (TPSA) is 43.2 Å². The fourth-order valence-electron chi connectivity index (χ4n) is 5.38. The molecule has 0 fully saturated rings. The van der Waals surface area contributed by atoms with Gasteiger partial charge in [-0.15, -0.1) is 0 Å². The Hall–Kier alpha value is -2.62. The van der Waals surface area contributed by atoms with Crippen molar-refractivity contribution in [3.8, 4) is 0 Å². The van der Waals surface area contributed by atoms with Gasteiger partial charge in [0.2, 0.25) is 0 Å². The van der Waals surface area contributed by atoms with Gasteiger partial charge in [0.25, 0.3) is 0 Å². The third-order valence-corrected chi connectivity index (χ3v) is 8.36. The summed E-state index contributed by atoms with van der Waals surface area (Å²) in [6.07, 6.45) is 1.46. The lowest BCUT2D eigenvalue weighted by Crippen LogP contribution is -2.44. The van der Waals surface area contributed by atoms with E-state index in [9.17, 15) is 0 Å². The number of hydrogen-bond donors (Lipinski definition) is 0. The number of aliphatic imine (C=N–C) groups is 2. The molecule has 2 aromatic rings. The minimum absolute atomic E-state index is 0.108. The van der Waals surface area contributed by atoms with E-state index in [1.165, 1.54) is 22.3 Å². The number of rotatable bonds is 8. The summed E-state index contributed by atoms with van der Waals surface area (Å²) in [7, 11) is 0. The second-order valence-corrected chi connectivity index (χ2v) is 14.4. The average molecular weight is 531 g/mol. The molecule has 2 aliphatic rings. The molecule has 0 bridgehead atoms. The Kier molecular flexibility index (Phi) is 8.36. The van der Waals surface area contributed by atoms with Crippen LogP contribution >= 0.6 is 0 Å². The average Bonchev–Trinajstić information content (AvgIpc) is 3.54. The van der Waals surface area contributed by atoms with Crippen molar-refractivity contribution in [2.24, 2.45) is 27.2 Å². The normalized spacial score (nSPS) is 20.2. The summed E-state index contributed by atoms with van der Waals surface area (Å²) in [5.41, 5.74) is 4.77. The van der Waals surface area contributed by atoms with Crippen molar-refractivity contribution in [3.05, 3.63) is 70.8 Å². The Morgan fingerprint density at radius 2 is 0.949 bits per heavy atom. The fraction of sp³-hybridized carbons (Fsp3) is 0.600. The molecule has 2 aromatic carbocycles. The van der Waals surface area contributed by atoms with E-state index in [1.807, 2.05) is 0 Å². The van der Waals surface area contributed by atoms with Gasteiger partial charge in [0.15, 0.2) is 11.8 Å². The standard InChI is InChI=1S/C35H50N2O2/c1-23(2)29-21-38-31(36-29)35(32-37-30(22-39-32)24(3)4,19-25-11-15-27(16-12-25)33(5,6)7)20-26-13-17-28(18-14-26)34(8,9)10/h11-18,23-24,29-30H,19-22H2,1-10H3/t29-,30-/m1/s1. The van der Waals surface area contributed by atoms with Crippen molar-refractivity contribution in [2.75, 3.05) is 13.2 Å². The second-order valence-electron chi connectivity index (χ2n) is 14.4. The van der Waals surface area contributed by atoms with Gasteiger partial charge in [-0.1, -0.05) is 118 Å². The molecule has 4 nitrogen and oxygen atoms in total. The van der Waals surface area contributed by atoms with Gasteiger partial charge in [0, 0.05) is 0 Å². The fourth-order valence-corrected chi connectivity index (χ4v) is 5.38. The van der Waals surface area contributed by atoms with Crippen LogP contribution in [-0.2, 0) is 33.1 Å². The van der Waals surface area contributed by atoms with Gasteiger partial charge in [-0.2, -0.15) is 0 Å². The third-order valence-electron chi connectivity index (χ3n) is 8.36. The van der Waals surface area contributed by atoms with E-state index in [0.717, 1.165) is 24.6 Å². The first-order valence-corrected chi connectivity index (χ1v) is 14.8. The quantitative estimate of drug-likeness (QED) is 0.347. The van der Waals surface area contributed by atoms with E-state index in [-0.39, 0.29) is 22.9 Å². The summed E-state index contributed by atoms with van der Waals surface area (Å²) in [6, 6.07) is 18.4. The highest BCUT2D eigenvalue weighted by Crippen LogP contribution is 2.39. The summed E-state index contributed by atoms with van der Waals surface area (Å²) in [4.78, 5) is 10.4. The minimum Gasteiger partial charge on any atom is -0.478 e. The lowest BCUT2D eigenvalue weighted by molar-refractivity contribution is 0.237. The molecule has 4 rings (SSSR count). The molecule has 0 amide bonds. The SMILES string of the molecule is CC(C)[C@H]1COC(C(Cc2ccc(C(C)(C)C)cc2)(Cc2ccc(C(C)(C)C)cc2)C2=N[C@@H](C(C)C)CO2)=N1. The summed E-state index contributed by atoms with van der Waals surface area (Å²) >= 11 is 0. The zero-order chi connectivity index (χ0) is 28.6. The molecule has 0 saturated carbocycles. The molecular weight excluding hydrogens is 480 g/mol. The van der Waals surface area contributed by atoms with Crippen molar-refractivity contribution in [2.45, 2.75) is 105 Å².